The van der Waals surface area contributed by atoms with Gasteiger partial charge in [0.25, 0.3) is 0 Å². The Labute approximate surface area is 127 Å². The van der Waals surface area contributed by atoms with Crippen LogP contribution >= 0.6 is 12.6 Å². The molecule has 0 bridgehead atoms. The van der Waals surface area contributed by atoms with Gasteiger partial charge in [-0.1, -0.05) is 61.2 Å². The summed E-state index contributed by atoms with van der Waals surface area (Å²) in [5, 5.41) is 0. The lowest BCUT2D eigenvalue weighted by Gasteiger charge is -2.39. The molecular weight excluding hydrogens is 260 g/mol. The topological polar surface area (TPSA) is 0 Å². The zero-order valence-corrected chi connectivity index (χ0v) is 13.0. The van der Waals surface area contributed by atoms with Gasteiger partial charge in [0.1, 0.15) is 0 Å². The van der Waals surface area contributed by atoms with Crippen molar-refractivity contribution in [3.63, 3.8) is 0 Å². The molecular formula is C19H22S. The van der Waals surface area contributed by atoms with E-state index >= 15 is 0 Å². The van der Waals surface area contributed by atoms with Crippen LogP contribution < -0.4 is 0 Å². The first-order valence-electron chi connectivity index (χ1n) is 7.57. The molecule has 1 aliphatic carbocycles. The lowest BCUT2D eigenvalue weighted by molar-refractivity contribution is 0.345. The minimum absolute atomic E-state index is 0.199. The Morgan fingerprint density at radius 3 is 2.20 bits per heavy atom. The van der Waals surface area contributed by atoms with Crippen LogP contribution in [0, 0.1) is 6.92 Å². The van der Waals surface area contributed by atoms with Gasteiger partial charge in [-0.05, 0) is 43.0 Å². The number of hydrogen-bond donors (Lipinski definition) is 1. The molecule has 2 aromatic rings. The number of hydrogen-bond acceptors (Lipinski definition) is 1. The van der Waals surface area contributed by atoms with Crippen molar-refractivity contribution >= 4 is 12.6 Å². The van der Waals surface area contributed by atoms with Crippen LogP contribution in [-0.2, 0) is 5.41 Å². The molecule has 3 rings (SSSR count). The molecule has 1 aliphatic rings. The molecule has 1 fully saturated rings. The maximum absolute atomic E-state index is 4.54. The summed E-state index contributed by atoms with van der Waals surface area (Å²) in [6, 6.07) is 17.9. The highest BCUT2D eigenvalue weighted by Crippen LogP contribution is 2.45. The van der Waals surface area contributed by atoms with E-state index in [1.807, 2.05) is 0 Å². The van der Waals surface area contributed by atoms with Crippen LogP contribution in [0.2, 0.25) is 0 Å². The smallest absolute Gasteiger partial charge is 0.0203 e. The molecule has 0 heterocycles. The number of aryl methyl sites for hydroxylation is 1. The van der Waals surface area contributed by atoms with Crippen LogP contribution in [0.15, 0.2) is 53.4 Å². The fourth-order valence-electron chi connectivity index (χ4n) is 3.58. The number of rotatable bonds is 2. The summed E-state index contributed by atoms with van der Waals surface area (Å²) in [4.78, 5) is 1.07. The maximum Gasteiger partial charge on any atom is 0.0203 e. The molecule has 1 saturated carbocycles. The van der Waals surface area contributed by atoms with E-state index in [1.54, 1.807) is 0 Å². The quantitative estimate of drug-likeness (QED) is 0.687. The molecule has 0 N–H and O–H groups in total. The fourth-order valence-corrected chi connectivity index (χ4v) is 3.80. The Morgan fingerprint density at radius 2 is 1.55 bits per heavy atom. The van der Waals surface area contributed by atoms with E-state index in [1.165, 1.54) is 48.8 Å². The zero-order chi connectivity index (χ0) is 14.0. The maximum atomic E-state index is 4.54. The second-order valence-corrected chi connectivity index (χ2v) is 6.58. The molecule has 0 radical (unpaired) electrons. The average molecular weight is 282 g/mol. The molecule has 20 heavy (non-hydrogen) atoms. The summed E-state index contributed by atoms with van der Waals surface area (Å²) < 4.78 is 0. The average Bonchev–Trinajstić information content (AvgIpc) is 2.49. The first kappa shape index (κ1) is 13.8. The van der Waals surface area contributed by atoms with Gasteiger partial charge in [0, 0.05) is 10.3 Å². The molecule has 0 nitrogen and oxygen atoms in total. The second kappa shape index (κ2) is 5.65. The molecule has 1 heteroatoms. The van der Waals surface area contributed by atoms with Gasteiger partial charge >= 0.3 is 0 Å². The van der Waals surface area contributed by atoms with Crippen LogP contribution in [0.5, 0.6) is 0 Å². The van der Waals surface area contributed by atoms with Gasteiger partial charge in [-0.3, -0.25) is 0 Å². The molecule has 0 aliphatic heterocycles. The van der Waals surface area contributed by atoms with E-state index in [0.717, 1.165) is 4.90 Å². The lowest BCUT2D eigenvalue weighted by atomic mass is 9.65. The van der Waals surface area contributed by atoms with Gasteiger partial charge in [0.2, 0.25) is 0 Å². The van der Waals surface area contributed by atoms with E-state index < -0.39 is 0 Å². The van der Waals surface area contributed by atoms with Crippen LogP contribution in [0.1, 0.15) is 48.8 Å². The van der Waals surface area contributed by atoms with E-state index in [-0.39, 0.29) is 5.41 Å². The summed E-state index contributed by atoms with van der Waals surface area (Å²) in [5.41, 5.74) is 4.45. The highest BCUT2D eigenvalue weighted by molar-refractivity contribution is 7.80. The number of benzene rings is 2. The van der Waals surface area contributed by atoms with Crippen molar-refractivity contribution in [1.29, 1.82) is 0 Å². The summed E-state index contributed by atoms with van der Waals surface area (Å²) in [5.74, 6) is 0. The Bertz CT molecular complexity index is 577. The van der Waals surface area contributed by atoms with Crippen molar-refractivity contribution in [2.24, 2.45) is 0 Å². The standard InChI is InChI=1S/C19H22S/c1-15-8-10-16(11-9-15)19(12-3-2-4-13-19)17-6-5-7-18(20)14-17/h5-11,14,20H,2-4,12-13H2,1H3. The predicted molar refractivity (Wildman–Crippen MR) is 88.7 cm³/mol. The molecule has 2 aromatic carbocycles. The largest absolute Gasteiger partial charge is 0.143 e. The van der Waals surface area contributed by atoms with Crippen molar-refractivity contribution in [2.75, 3.05) is 0 Å². The van der Waals surface area contributed by atoms with Crippen molar-refractivity contribution < 1.29 is 0 Å². The SMILES string of the molecule is Cc1ccc(C2(c3cccc(S)c3)CCCCC2)cc1. The lowest BCUT2D eigenvalue weighted by Crippen LogP contribution is -2.30. The molecule has 0 unspecified atom stereocenters. The molecule has 0 amide bonds. The number of thiol groups is 1. The van der Waals surface area contributed by atoms with E-state index in [4.69, 9.17) is 0 Å². The van der Waals surface area contributed by atoms with E-state index in [2.05, 4.69) is 68.1 Å². The first-order valence-corrected chi connectivity index (χ1v) is 8.02. The third-order valence-corrected chi connectivity index (χ3v) is 4.99. The Kier molecular flexibility index (Phi) is 3.89. The van der Waals surface area contributed by atoms with Crippen molar-refractivity contribution in [1.82, 2.24) is 0 Å². The third-order valence-electron chi connectivity index (χ3n) is 4.71. The van der Waals surface area contributed by atoms with Gasteiger partial charge in [-0.25, -0.2) is 0 Å². The Hall–Kier alpha value is -1.21. The van der Waals surface area contributed by atoms with Gasteiger partial charge in [-0.15, -0.1) is 12.6 Å². The van der Waals surface area contributed by atoms with Gasteiger partial charge in [-0.2, -0.15) is 0 Å². The molecule has 0 aromatic heterocycles. The van der Waals surface area contributed by atoms with Crippen LogP contribution in [0.4, 0.5) is 0 Å². The van der Waals surface area contributed by atoms with Gasteiger partial charge in [0.05, 0.1) is 0 Å². The van der Waals surface area contributed by atoms with E-state index in [0.29, 0.717) is 0 Å². The van der Waals surface area contributed by atoms with Crippen LogP contribution in [0.3, 0.4) is 0 Å². The Morgan fingerprint density at radius 1 is 0.850 bits per heavy atom. The van der Waals surface area contributed by atoms with Crippen molar-refractivity contribution in [3.05, 3.63) is 65.2 Å². The molecule has 0 saturated heterocycles. The summed E-state index contributed by atoms with van der Waals surface area (Å²) in [6.07, 6.45) is 6.53. The zero-order valence-electron chi connectivity index (χ0n) is 12.1. The minimum atomic E-state index is 0.199. The molecule has 0 spiro atoms. The summed E-state index contributed by atoms with van der Waals surface area (Å²) >= 11 is 4.54. The Balaban J connectivity index is 2.11. The first-order chi connectivity index (χ1) is 9.71. The van der Waals surface area contributed by atoms with E-state index in [9.17, 15) is 0 Å². The summed E-state index contributed by atoms with van der Waals surface area (Å²) in [7, 11) is 0. The van der Waals surface area contributed by atoms with Crippen molar-refractivity contribution in [3.8, 4) is 0 Å². The molecule has 104 valence electrons. The monoisotopic (exact) mass is 282 g/mol. The predicted octanol–water partition coefficient (Wildman–Crippen LogP) is 5.53. The van der Waals surface area contributed by atoms with Crippen LogP contribution in [-0.4, -0.2) is 0 Å². The minimum Gasteiger partial charge on any atom is -0.143 e. The summed E-state index contributed by atoms with van der Waals surface area (Å²) in [6.45, 7) is 2.16. The second-order valence-electron chi connectivity index (χ2n) is 6.06. The normalized spacial score (nSPS) is 17.9. The van der Waals surface area contributed by atoms with Gasteiger partial charge < -0.3 is 0 Å². The molecule has 0 atom stereocenters. The third kappa shape index (κ3) is 2.52. The fraction of sp³-hybridized carbons (Fsp3) is 0.368. The highest BCUT2D eigenvalue weighted by Gasteiger charge is 2.35. The van der Waals surface area contributed by atoms with Crippen LogP contribution in [0.25, 0.3) is 0 Å². The highest BCUT2D eigenvalue weighted by atomic mass is 32.1. The van der Waals surface area contributed by atoms with Gasteiger partial charge in [0.15, 0.2) is 0 Å². The van der Waals surface area contributed by atoms with Crippen molar-refractivity contribution in [2.45, 2.75) is 49.3 Å².